The molecule has 0 saturated carbocycles. The smallest absolute Gasteiger partial charge is 0.210 e. The van der Waals surface area contributed by atoms with E-state index in [1.54, 1.807) is 42.2 Å². The molecule has 0 bridgehead atoms. The molecule has 2 aromatic rings. The van der Waals surface area contributed by atoms with E-state index in [1.165, 1.54) is 0 Å². The molecule has 0 saturated heterocycles. The number of nitrogens with zero attached hydrogens (tertiary/aromatic N) is 1. The van der Waals surface area contributed by atoms with Crippen LogP contribution in [0.3, 0.4) is 0 Å². The van der Waals surface area contributed by atoms with Crippen LogP contribution in [-0.2, 0) is 14.6 Å². The minimum atomic E-state index is -3.43. The summed E-state index contributed by atoms with van der Waals surface area (Å²) >= 11 is 0. The Morgan fingerprint density at radius 1 is 0.957 bits per heavy atom. The molecule has 0 aliphatic rings. The Hall–Kier alpha value is -2.14. The summed E-state index contributed by atoms with van der Waals surface area (Å²) in [6.45, 7) is 3.66. The summed E-state index contributed by atoms with van der Waals surface area (Å²) in [6, 6.07) is 17.3. The molecule has 122 valence electrons. The van der Waals surface area contributed by atoms with Crippen LogP contribution in [0.25, 0.3) is 0 Å². The number of amides is 1. The highest BCUT2D eigenvalue weighted by atomic mass is 32.2. The third-order valence-corrected chi connectivity index (χ3v) is 5.83. The second-order valence-electron chi connectivity index (χ2n) is 5.58. The minimum Gasteiger partial charge on any atom is -0.335 e. The van der Waals surface area contributed by atoms with E-state index in [0.717, 1.165) is 12.0 Å². The lowest BCUT2D eigenvalue weighted by Crippen LogP contribution is -2.38. The van der Waals surface area contributed by atoms with Crippen LogP contribution in [0, 0.1) is 0 Å². The van der Waals surface area contributed by atoms with E-state index in [-0.39, 0.29) is 16.7 Å². The van der Waals surface area contributed by atoms with Crippen LogP contribution in [-0.4, -0.2) is 31.5 Å². The van der Waals surface area contributed by atoms with Gasteiger partial charge in [-0.05, 0) is 31.5 Å². The van der Waals surface area contributed by atoms with Gasteiger partial charge in [-0.2, -0.15) is 0 Å². The Balaban J connectivity index is 2.17. The summed E-state index contributed by atoms with van der Waals surface area (Å²) in [5.41, 5.74) is 0.976. The van der Waals surface area contributed by atoms with Crippen LogP contribution in [0.4, 0.5) is 0 Å². The first kappa shape index (κ1) is 17.2. The molecule has 0 unspecified atom stereocenters. The summed E-state index contributed by atoms with van der Waals surface area (Å²) in [7, 11) is -3.43. The number of sulfone groups is 1. The molecule has 2 atom stereocenters. The lowest BCUT2D eigenvalue weighted by Gasteiger charge is -2.31. The Morgan fingerprint density at radius 2 is 1.48 bits per heavy atom. The number of rotatable bonds is 7. The summed E-state index contributed by atoms with van der Waals surface area (Å²) in [5, 5.41) is 0. The first-order chi connectivity index (χ1) is 11.0. The molecular weight excluding hydrogens is 310 g/mol. The van der Waals surface area contributed by atoms with Crippen molar-refractivity contribution in [1.82, 2.24) is 4.90 Å². The standard InChI is InChI=1S/C18H21NO3S/c1-15(13-23(21,22)18-11-7-4-8-12-18)19(14-20)16(2)17-9-5-3-6-10-17/h3-12,14-16H,13H2,1-2H3/t15-,16-/m1/s1. The fourth-order valence-electron chi connectivity index (χ4n) is 2.61. The molecule has 0 aliphatic carbocycles. The van der Waals surface area contributed by atoms with E-state index in [1.807, 2.05) is 37.3 Å². The van der Waals surface area contributed by atoms with E-state index >= 15 is 0 Å². The summed E-state index contributed by atoms with van der Waals surface area (Å²) in [6.07, 6.45) is 0.725. The fourth-order valence-corrected chi connectivity index (χ4v) is 4.18. The maximum absolute atomic E-state index is 12.5. The molecule has 0 radical (unpaired) electrons. The zero-order chi connectivity index (χ0) is 16.9. The third-order valence-electron chi connectivity index (χ3n) is 3.92. The van der Waals surface area contributed by atoms with Crippen LogP contribution < -0.4 is 0 Å². The predicted molar refractivity (Wildman–Crippen MR) is 90.7 cm³/mol. The van der Waals surface area contributed by atoms with Gasteiger partial charge in [-0.15, -0.1) is 0 Å². The van der Waals surface area contributed by atoms with Crippen molar-refractivity contribution in [3.63, 3.8) is 0 Å². The molecule has 23 heavy (non-hydrogen) atoms. The fraction of sp³-hybridized carbons (Fsp3) is 0.278. The molecule has 0 fully saturated rings. The maximum atomic E-state index is 12.5. The first-order valence-corrected chi connectivity index (χ1v) is 9.16. The second-order valence-corrected chi connectivity index (χ2v) is 7.62. The van der Waals surface area contributed by atoms with Crippen molar-refractivity contribution in [1.29, 1.82) is 0 Å². The van der Waals surface area contributed by atoms with Crippen molar-refractivity contribution in [2.45, 2.75) is 30.8 Å². The average molecular weight is 331 g/mol. The lowest BCUT2D eigenvalue weighted by molar-refractivity contribution is -0.121. The molecule has 0 spiro atoms. The van der Waals surface area contributed by atoms with Gasteiger partial charge in [0.25, 0.3) is 0 Å². The van der Waals surface area contributed by atoms with Gasteiger partial charge in [0.2, 0.25) is 6.41 Å². The number of benzene rings is 2. The van der Waals surface area contributed by atoms with E-state index in [4.69, 9.17) is 0 Å². The van der Waals surface area contributed by atoms with Gasteiger partial charge in [0.15, 0.2) is 9.84 Å². The normalized spacial score (nSPS) is 14.0. The molecule has 0 N–H and O–H groups in total. The highest BCUT2D eigenvalue weighted by molar-refractivity contribution is 7.91. The monoisotopic (exact) mass is 331 g/mol. The van der Waals surface area contributed by atoms with Crippen LogP contribution in [0.2, 0.25) is 0 Å². The van der Waals surface area contributed by atoms with Gasteiger partial charge in [-0.3, -0.25) is 4.79 Å². The molecule has 4 nitrogen and oxygen atoms in total. The van der Waals surface area contributed by atoms with Gasteiger partial charge >= 0.3 is 0 Å². The largest absolute Gasteiger partial charge is 0.335 e. The highest BCUT2D eigenvalue weighted by Gasteiger charge is 2.25. The lowest BCUT2D eigenvalue weighted by atomic mass is 10.1. The Kier molecular flexibility index (Phi) is 5.55. The second kappa shape index (κ2) is 7.42. The molecule has 5 heteroatoms. The molecule has 0 aromatic heterocycles. The van der Waals surface area contributed by atoms with Gasteiger partial charge in [0, 0.05) is 6.04 Å². The molecule has 2 aromatic carbocycles. The average Bonchev–Trinajstić information content (AvgIpc) is 2.56. The van der Waals surface area contributed by atoms with Crippen LogP contribution in [0.15, 0.2) is 65.6 Å². The summed E-state index contributed by atoms with van der Waals surface area (Å²) in [5.74, 6) is -0.104. The zero-order valence-electron chi connectivity index (χ0n) is 13.3. The SMILES string of the molecule is C[C@H](CS(=O)(=O)c1ccccc1)N(C=O)[C@H](C)c1ccccc1. The Morgan fingerprint density at radius 3 is 2.00 bits per heavy atom. The van der Waals surface area contributed by atoms with Crippen LogP contribution >= 0.6 is 0 Å². The number of hydrogen-bond acceptors (Lipinski definition) is 3. The third kappa shape index (κ3) is 4.20. The molecule has 1 amide bonds. The molecule has 2 rings (SSSR count). The number of hydrogen-bond donors (Lipinski definition) is 0. The van der Waals surface area contributed by atoms with Crippen LogP contribution in [0.5, 0.6) is 0 Å². The van der Waals surface area contributed by atoms with Gasteiger partial charge in [-0.25, -0.2) is 8.42 Å². The van der Waals surface area contributed by atoms with Crippen LogP contribution in [0.1, 0.15) is 25.5 Å². The van der Waals surface area contributed by atoms with Crippen molar-refractivity contribution < 1.29 is 13.2 Å². The molecule has 0 heterocycles. The van der Waals surface area contributed by atoms with Crippen molar-refractivity contribution in [3.8, 4) is 0 Å². The predicted octanol–water partition coefficient (Wildman–Crippen LogP) is 3.07. The van der Waals surface area contributed by atoms with Gasteiger partial charge in [-0.1, -0.05) is 48.5 Å². The van der Waals surface area contributed by atoms with Crippen molar-refractivity contribution in [2.75, 3.05) is 5.75 Å². The number of carbonyl (C=O) groups is 1. The van der Waals surface area contributed by atoms with Gasteiger partial charge < -0.3 is 4.90 Å². The summed E-state index contributed by atoms with van der Waals surface area (Å²) < 4.78 is 25.0. The van der Waals surface area contributed by atoms with E-state index in [9.17, 15) is 13.2 Å². The van der Waals surface area contributed by atoms with E-state index in [2.05, 4.69) is 0 Å². The maximum Gasteiger partial charge on any atom is 0.210 e. The topological polar surface area (TPSA) is 54.5 Å². The Bertz CT molecular complexity index is 729. The molecular formula is C18H21NO3S. The van der Waals surface area contributed by atoms with E-state index < -0.39 is 15.9 Å². The van der Waals surface area contributed by atoms with Crippen molar-refractivity contribution in [2.24, 2.45) is 0 Å². The minimum absolute atomic E-state index is 0.104. The van der Waals surface area contributed by atoms with E-state index in [0.29, 0.717) is 0 Å². The first-order valence-electron chi connectivity index (χ1n) is 7.51. The van der Waals surface area contributed by atoms with Crippen molar-refractivity contribution in [3.05, 3.63) is 66.2 Å². The Labute approximate surface area is 137 Å². The van der Waals surface area contributed by atoms with Crippen molar-refractivity contribution >= 4 is 16.2 Å². The molecule has 0 aliphatic heterocycles. The van der Waals surface area contributed by atoms with Gasteiger partial charge in [0.1, 0.15) is 0 Å². The quantitative estimate of drug-likeness (QED) is 0.733. The summed E-state index contributed by atoms with van der Waals surface area (Å²) in [4.78, 5) is 13.3. The zero-order valence-corrected chi connectivity index (χ0v) is 14.1. The van der Waals surface area contributed by atoms with Gasteiger partial charge in [0.05, 0.1) is 16.7 Å². The highest BCUT2D eigenvalue weighted by Crippen LogP contribution is 2.22. The number of carbonyl (C=O) groups excluding carboxylic acids is 1.